The monoisotopic (exact) mass is 307 g/mol. The maximum Gasteiger partial charge on any atom is 0.249 e. The summed E-state index contributed by atoms with van der Waals surface area (Å²) in [5, 5.41) is 0.715. The van der Waals surface area contributed by atoms with E-state index in [1.54, 1.807) is 12.1 Å². The topological polar surface area (TPSA) is 70.3 Å². The van der Waals surface area contributed by atoms with Crippen molar-refractivity contribution in [2.24, 2.45) is 0 Å². The van der Waals surface area contributed by atoms with Crippen molar-refractivity contribution in [3.63, 3.8) is 0 Å². The van der Waals surface area contributed by atoms with Crippen LogP contribution in [0.3, 0.4) is 0 Å². The zero-order valence-electron chi connectivity index (χ0n) is 12.1. The summed E-state index contributed by atoms with van der Waals surface area (Å²) < 4.78 is 11.2. The van der Waals surface area contributed by atoms with Gasteiger partial charge in [-0.1, -0.05) is 25.4 Å². The van der Waals surface area contributed by atoms with Crippen LogP contribution in [0.2, 0.25) is 5.02 Å². The Morgan fingerprint density at radius 1 is 1.19 bits per heavy atom. The molecule has 0 saturated heterocycles. The number of benzene rings is 1. The third-order valence-electron chi connectivity index (χ3n) is 2.87. The van der Waals surface area contributed by atoms with Crippen molar-refractivity contribution in [1.82, 2.24) is 9.97 Å². The highest BCUT2D eigenvalue weighted by atomic mass is 35.5. The lowest BCUT2D eigenvalue weighted by atomic mass is 10.1. The van der Waals surface area contributed by atoms with E-state index in [-0.39, 0.29) is 5.88 Å². The van der Waals surface area contributed by atoms with Gasteiger partial charge in [0.15, 0.2) is 5.69 Å². The minimum Gasteiger partial charge on any atom is -0.476 e. The molecule has 0 amide bonds. The average molecular weight is 308 g/mol. The van der Waals surface area contributed by atoms with Crippen LogP contribution >= 0.6 is 11.6 Å². The molecule has 6 heteroatoms. The Labute approximate surface area is 129 Å². The Morgan fingerprint density at radius 3 is 2.67 bits per heavy atom. The summed E-state index contributed by atoms with van der Waals surface area (Å²) in [6.07, 6.45) is 3.06. The van der Waals surface area contributed by atoms with Gasteiger partial charge in [0.05, 0.1) is 6.61 Å². The van der Waals surface area contributed by atoms with Gasteiger partial charge >= 0.3 is 0 Å². The minimum atomic E-state index is 0.278. The van der Waals surface area contributed by atoms with Gasteiger partial charge in [-0.2, -0.15) is 9.97 Å². The van der Waals surface area contributed by atoms with Crippen molar-refractivity contribution < 1.29 is 9.47 Å². The molecule has 0 aliphatic rings. The van der Waals surface area contributed by atoms with E-state index in [9.17, 15) is 0 Å². The molecular formula is C15H18ClN3O2. The van der Waals surface area contributed by atoms with E-state index in [2.05, 4.69) is 9.97 Å². The number of hydrogen-bond donors (Lipinski definition) is 1. The van der Waals surface area contributed by atoms with Crippen molar-refractivity contribution in [3.05, 3.63) is 35.1 Å². The summed E-state index contributed by atoms with van der Waals surface area (Å²) >= 11 is 6.09. The lowest BCUT2D eigenvalue weighted by molar-refractivity contribution is 0.304. The van der Waals surface area contributed by atoms with Crippen LogP contribution in [-0.4, -0.2) is 16.6 Å². The number of nitrogen functional groups attached to an aromatic ring is 1. The van der Waals surface area contributed by atoms with Crippen molar-refractivity contribution in [1.29, 1.82) is 0 Å². The zero-order valence-corrected chi connectivity index (χ0v) is 12.9. The number of ether oxygens (including phenoxy) is 2. The lowest BCUT2D eigenvalue weighted by Gasteiger charge is -2.11. The molecule has 1 aromatic carbocycles. The Balaban J connectivity index is 2.23. The fourth-order valence-corrected chi connectivity index (χ4v) is 2.01. The molecule has 0 bridgehead atoms. The van der Waals surface area contributed by atoms with Crippen LogP contribution in [0.1, 0.15) is 25.8 Å². The number of rotatable bonds is 6. The van der Waals surface area contributed by atoms with Crippen LogP contribution < -0.4 is 15.2 Å². The van der Waals surface area contributed by atoms with Crippen LogP contribution in [0.4, 0.5) is 5.69 Å². The number of aryl methyl sites for hydroxylation is 1. The van der Waals surface area contributed by atoms with E-state index in [0.717, 1.165) is 18.4 Å². The van der Waals surface area contributed by atoms with Gasteiger partial charge in [-0.3, -0.25) is 0 Å². The summed E-state index contributed by atoms with van der Waals surface area (Å²) in [5.41, 5.74) is 7.27. The number of anilines is 1. The molecule has 2 aromatic rings. The fraction of sp³-hybridized carbons (Fsp3) is 0.333. The first kappa shape index (κ1) is 15.4. The van der Waals surface area contributed by atoms with Gasteiger partial charge in [0.25, 0.3) is 0 Å². The molecule has 21 heavy (non-hydrogen) atoms. The molecule has 0 spiro atoms. The Hall–Kier alpha value is -2.01. The van der Waals surface area contributed by atoms with E-state index in [0.29, 0.717) is 28.9 Å². The van der Waals surface area contributed by atoms with Crippen LogP contribution in [0.5, 0.6) is 17.5 Å². The average Bonchev–Trinajstić information content (AvgIpc) is 2.50. The summed E-state index contributed by atoms with van der Waals surface area (Å²) in [7, 11) is 0. The number of nitrogens with two attached hydrogens (primary N) is 1. The molecule has 5 nitrogen and oxygen atoms in total. The smallest absolute Gasteiger partial charge is 0.249 e. The van der Waals surface area contributed by atoms with E-state index in [4.69, 9.17) is 26.8 Å². The quantitative estimate of drug-likeness (QED) is 0.877. The second kappa shape index (κ2) is 7.13. The van der Waals surface area contributed by atoms with Gasteiger partial charge < -0.3 is 15.2 Å². The molecule has 2 rings (SSSR count). The van der Waals surface area contributed by atoms with E-state index < -0.39 is 0 Å². The van der Waals surface area contributed by atoms with Crippen molar-refractivity contribution >= 4 is 17.3 Å². The maximum atomic E-state index is 6.09. The molecule has 0 saturated carbocycles. The second-order valence-corrected chi connectivity index (χ2v) is 4.86. The Morgan fingerprint density at radius 2 is 1.95 bits per heavy atom. The molecule has 0 unspecified atom stereocenters. The first-order chi connectivity index (χ1) is 10.2. The molecule has 1 aromatic heterocycles. The minimum absolute atomic E-state index is 0.278. The highest BCUT2D eigenvalue weighted by Crippen LogP contribution is 2.32. The number of halogens is 1. The summed E-state index contributed by atoms with van der Waals surface area (Å²) in [4.78, 5) is 8.06. The molecule has 2 N–H and O–H groups in total. The molecule has 1 heterocycles. The van der Waals surface area contributed by atoms with Gasteiger partial charge in [0.1, 0.15) is 12.1 Å². The first-order valence-corrected chi connectivity index (χ1v) is 7.23. The molecule has 112 valence electrons. The highest BCUT2D eigenvalue weighted by molar-refractivity contribution is 6.31. The maximum absolute atomic E-state index is 6.09. The predicted octanol–water partition coefficient (Wildman–Crippen LogP) is 3.86. The molecular weight excluding hydrogens is 290 g/mol. The highest BCUT2D eigenvalue weighted by Gasteiger charge is 2.12. The largest absolute Gasteiger partial charge is 0.476 e. The first-order valence-electron chi connectivity index (χ1n) is 6.85. The molecule has 0 radical (unpaired) electrons. The van der Waals surface area contributed by atoms with Gasteiger partial charge in [0.2, 0.25) is 11.8 Å². The molecule has 0 atom stereocenters. The van der Waals surface area contributed by atoms with Crippen LogP contribution in [-0.2, 0) is 6.42 Å². The third kappa shape index (κ3) is 3.76. The van der Waals surface area contributed by atoms with Crippen LogP contribution in [0, 0.1) is 0 Å². The van der Waals surface area contributed by atoms with Crippen LogP contribution in [0.15, 0.2) is 24.5 Å². The Kier molecular flexibility index (Phi) is 5.22. The molecule has 0 aliphatic carbocycles. The fourth-order valence-electron chi connectivity index (χ4n) is 1.76. The van der Waals surface area contributed by atoms with E-state index in [1.807, 2.05) is 19.9 Å². The lowest BCUT2D eigenvalue weighted by Crippen LogP contribution is -2.04. The predicted molar refractivity (Wildman–Crippen MR) is 83.1 cm³/mol. The standard InChI is InChI=1S/C15H18ClN3O2/c1-3-7-20-14-13(17)15(19-9-18-14)21-11-5-6-12(16)10(4-2)8-11/h5-6,8-9H,3-4,7,17H2,1-2H3. The van der Waals surface area contributed by atoms with Crippen molar-refractivity contribution in [2.75, 3.05) is 12.3 Å². The van der Waals surface area contributed by atoms with E-state index >= 15 is 0 Å². The second-order valence-electron chi connectivity index (χ2n) is 4.45. The van der Waals surface area contributed by atoms with Crippen molar-refractivity contribution in [2.45, 2.75) is 26.7 Å². The molecule has 0 fully saturated rings. The number of nitrogens with zero attached hydrogens (tertiary/aromatic N) is 2. The molecule has 0 aliphatic heterocycles. The zero-order chi connectivity index (χ0) is 15.2. The summed E-state index contributed by atoms with van der Waals surface area (Å²) in [6.45, 7) is 4.58. The SMILES string of the molecule is CCCOc1ncnc(Oc2ccc(Cl)c(CC)c2)c1N. The summed E-state index contributed by atoms with van der Waals surface area (Å²) in [6, 6.07) is 5.44. The number of hydrogen-bond acceptors (Lipinski definition) is 5. The third-order valence-corrected chi connectivity index (χ3v) is 3.24. The number of aromatic nitrogens is 2. The van der Waals surface area contributed by atoms with E-state index in [1.165, 1.54) is 6.33 Å². The van der Waals surface area contributed by atoms with Gasteiger partial charge in [-0.25, -0.2) is 0 Å². The van der Waals surface area contributed by atoms with Crippen LogP contribution in [0.25, 0.3) is 0 Å². The van der Waals surface area contributed by atoms with Gasteiger partial charge in [-0.15, -0.1) is 0 Å². The normalized spacial score (nSPS) is 10.4. The Bertz CT molecular complexity index is 620. The summed E-state index contributed by atoms with van der Waals surface area (Å²) in [5.74, 6) is 1.25. The van der Waals surface area contributed by atoms with Gasteiger partial charge in [-0.05, 0) is 36.6 Å². The van der Waals surface area contributed by atoms with Crippen molar-refractivity contribution in [3.8, 4) is 17.5 Å². The van der Waals surface area contributed by atoms with Gasteiger partial charge in [0, 0.05) is 5.02 Å².